The van der Waals surface area contributed by atoms with Crippen molar-refractivity contribution in [2.75, 3.05) is 20.1 Å². The third-order valence-electron chi connectivity index (χ3n) is 5.68. The molecule has 1 aromatic carbocycles. The number of carbonyl (C=O) groups excluding carboxylic acids is 1. The molecule has 2 N–H and O–H groups in total. The first-order chi connectivity index (χ1) is 11.7. The van der Waals surface area contributed by atoms with Crippen LogP contribution in [-0.4, -0.2) is 55.8 Å². The van der Waals surface area contributed by atoms with Crippen LogP contribution in [0.25, 0.3) is 0 Å². The van der Waals surface area contributed by atoms with E-state index in [-0.39, 0.29) is 35.3 Å². The van der Waals surface area contributed by atoms with Crippen molar-refractivity contribution in [1.82, 2.24) is 9.21 Å². The van der Waals surface area contributed by atoms with E-state index in [0.717, 1.165) is 19.4 Å². The van der Waals surface area contributed by atoms with Crippen molar-refractivity contribution in [3.05, 3.63) is 29.8 Å². The van der Waals surface area contributed by atoms with Gasteiger partial charge in [-0.1, -0.05) is 6.07 Å². The molecule has 6 nitrogen and oxygen atoms in total. The van der Waals surface area contributed by atoms with Crippen LogP contribution in [0.15, 0.2) is 29.2 Å². The van der Waals surface area contributed by atoms with Gasteiger partial charge < -0.3 is 10.6 Å². The molecule has 0 spiro atoms. The number of benzene rings is 1. The van der Waals surface area contributed by atoms with Crippen molar-refractivity contribution in [3.8, 4) is 0 Å². The molecule has 146 valence electrons. The molecular formula is C18H28ClN3O3S. The first-order valence-corrected chi connectivity index (χ1v) is 10.3. The van der Waals surface area contributed by atoms with Crippen LogP contribution in [0.4, 0.5) is 0 Å². The number of nitrogens with zero attached hydrogens (tertiary/aromatic N) is 2. The molecule has 1 aliphatic heterocycles. The highest BCUT2D eigenvalue weighted by atomic mass is 35.5. The van der Waals surface area contributed by atoms with Gasteiger partial charge in [-0.15, -0.1) is 12.4 Å². The van der Waals surface area contributed by atoms with Crippen molar-refractivity contribution < 1.29 is 13.2 Å². The summed E-state index contributed by atoms with van der Waals surface area (Å²) in [5, 5.41) is 0. The van der Waals surface area contributed by atoms with Crippen LogP contribution in [0.1, 0.15) is 37.0 Å². The van der Waals surface area contributed by atoms with Crippen LogP contribution in [-0.2, 0) is 10.0 Å². The second-order valence-electron chi connectivity index (χ2n) is 7.52. The Labute approximate surface area is 162 Å². The fraction of sp³-hybridized carbons (Fsp3) is 0.611. The molecule has 1 saturated heterocycles. The fourth-order valence-electron chi connectivity index (χ4n) is 3.89. The molecule has 3 atom stereocenters. The molecule has 0 radical (unpaired) electrons. The number of halogens is 1. The maximum atomic E-state index is 12.8. The molecule has 1 aromatic rings. The molecule has 3 unspecified atom stereocenters. The molecule has 2 fully saturated rings. The Balaban J connectivity index is 0.00000243. The maximum Gasteiger partial charge on any atom is 0.253 e. The van der Waals surface area contributed by atoms with E-state index in [0.29, 0.717) is 23.9 Å². The van der Waals surface area contributed by atoms with Crippen LogP contribution < -0.4 is 5.73 Å². The summed E-state index contributed by atoms with van der Waals surface area (Å²) < 4.78 is 26.6. The lowest BCUT2D eigenvalue weighted by Gasteiger charge is -2.22. The normalized spacial score (nSPS) is 25.5. The van der Waals surface area contributed by atoms with Crippen molar-refractivity contribution in [3.63, 3.8) is 0 Å². The summed E-state index contributed by atoms with van der Waals surface area (Å²) in [5.74, 6) is 0.756. The number of amides is 1. The fourth-order valence-corrected chi connectivity index (χ4v) is 5.30. The lowest BCUT2D eigenvalue weighted by atomic mass is 9.98. The summed E-state index contributed by atoms with van der Waals surface area (Å²) in [7, 11) is -2.05. The van der Waals surface area contributed by atoms with Gasteiger partial charge in [-0.25, -0.2) is 8.42 Å². The molecule has 26 heavy (non-hydrogen) atoms. The van der Waals surface area contributed by atoms with Gasteiger partial charge in [0.25, 0.3) is 5.91 Å². The Kier molecular flexibility index (Phi) is 6.38. The van der Waals surface area contributed by atoms with Gasteiger partial charge in [0.2, 0.25) is 10.0 Å². The van der Waals surface area contributed by atoms with Gasteiger partial charge in [0.05, 0.1) is 4.90 Å². The Bertz CT molecular complexity index is 769. The Hall–Kier alpha value is -1.15. The molecule has 0 aromatic heterocycles. The van der Waals surface area contributed by atoms with Crippen molar-refractivity contribution in [1.29, 1.82) is 0 Å². The number of sulfonamides is 1. The summed E-state index contributed by atoms with van der Waals surface area (Å²) >= 11 is 0. The summed E-state index contributed by atoms with van der Waals surface area (Å²) in [6.07, 6.45) is 2.11. The topological polar surface area (TPSA) is 83.7 Å². The first-order valence-electron chi connectivity index (χ1n) is 8.84. The van der Waals surface area contributed by atoms with Crippen molar-refractivity contribution >= 4 is 28.3 Å². The average molecular weight is 402 g/mol. The minimum absolute atomic E-state index is 0. The second kappa shape index (κ2) is 7.84. The van der Waals surface area contributed by atoms with Gasteiger partial charge in [-0.05, 0) is 56.7 Å². The smallest absolute Gasteiger partial charge is 0.253 e. The molecule has 0 bridgehead atoms. The molecular weight excluding hydrogens is 374 g/mol. The minimum atomic E-state index is -3.60. The lowest BCUT2D eigenvalue weighted by Crippen LogP contribution is -2.34. The molecule has 1 heterocycles. The minimum Gasteiger partial charge on any atom is -0.338 e. The summed E-state index contributed by atoms with van der Waals surface area (Å²) in [6.45, 7) is 5.03. The SMILES string of the molecule is CC(C)N(C)S(=O)(=O)c1cccc(C(=O)N2CC3CCC(N)C3C2)c1.Cl. The molecule has 1 saturated carbocycles. The summed E-state index contributed by atoms with van der Waals surface area (Å²) in [6, 6.07) is 6.38. The Morgan fingerprint density at radius 3 is 2.58 bits per heavy atom. The quantitative estimate of drug-likeness (QED) is 0.835. The average Bonchev–Trinajstić information content (AvgIpc) is 3.15. The van der Waals surface area contributed by atoms with Crippen LogP contribution in [0.3, 0.4) is 0 Å². The van der Waals surface area contributed by atoms with Crippen molar-refractivity contribution in [2.45, 2.75) is 43.7 Å². The van der Waals surface area contributed by atoms with Gasteiger partial charge >= 0.3 is 0 Å². The predicted molar refractivity (Wildman–Crippen MR) is 104 cm³/mol. The first kappa shape index (κ1) is 21.2. The van der Waals surface area contributed by atoms with Gasteiger partial charge in [0, 0.05) is 37.8 Å². The van der Waals surface area contributed by atoms with E-state index < -0.39 is 10.0 Å². The van der Waals surface area contributed by atoms with E-state index >= 15 is 0 Å². The van der Waals surface area contributed by atoms with Crippen molar-refractivity contribution in [2.24, 2.45) is 17.6 Å². The number of hydrogen-bond donors (Lipinski definition) is 1. The number of fused-ring (bicyclic) bond motifs is 1. The van der Waals surface area contributed by atoms with Gasteiger partial charge in [-0.2, -0.15) is 4.31 Å². The zero-order valence-corrected chi connectivity index (χ0v) is 17.1. The third-order valence-corrected chi connectivity index (χ3v) is 7.71. The maximum absolute atomic E-state index is 12.8. The summed E-state index contributed by atoms with van der Waals surface area (Å²) in [4.78, 5) is 14.8. The second-order valence-corrected chi connectivity index (χ2v) is 9.52. The molecule has 2 aliphatic rings. The molecule has 1 aliphatic carbocycles. The number of likely N-dealkylation sites (tertiary alicyclic amines) is 1. The van der Waals surface area contributed by atoms with Crippen LogP contribution in [0.2, 0.25) is 0 Å². The predicted octanol–water partition coefficient (Wildman–Crippen LogP) is 1.95. The van der Waals surface area contributed by atoms with E-state index in [4.69, 9.17) is 5.73 Å². The van der Waals surface area contributed by atoms with Gasteiger partial charge in [0.1, 0.15) is 0 Å². The van der Waals surface area contributed by atoms with Crippen LogP contribution >= 0.6 is 12.4 Å². The Morgan fingerprint density at radius 2 is 1.96 bits per heavy atom. The van der Waals surface area contributed by atoms with Crippen LogP contribution in [0, 0.1) is 11.8 Å². The number of rotatable bonds is 4. The number of nitrogens with two attached hydrogens (primary N) is 1. The van der Waals surface area contributed by atoms with Crippen LogP contribution in [0.5, 0.6) is 0 Å². The van der Waals surface area contributed by atoms with Gasteiger partial charge in [0.15, 0.2) is 0 Å². The highest BCUT2D eigenvalue weighted by molar-refractivity contribution is 7.89. The largest absolute Gasteiger partial charge is 0.338 e. The van der Waals surface area contributed by atoms with Gasteiger partial charge in [-0.3, -0.25) is 4.79 Å². The highest BCUT2D eigenvalue weighted by Gasteiger charge is 2.42. The van der Waals surface area contributed by atoms with E-state index in [1.807, 2.05) is 18.7 Å². The van der Waals surface area contributed by atoms with E-state index in [1.165, 1.54) is 10.4 Å². The van der Waals surface area contributed by atoms with E-state index in [1.54, 1.807) is 25.2 Å². The van der Waals surface area contributed by atoms with E-state index in [2.05, 4.69) is 0 Å². The molecule has 8 heteroatoms. The zero-order valence-electron chi connectivity index (χ0n) is 15.5. The Morgan fingerprint density at radius 1 is 1.27 bits per heavy atom. The highest BCUT2D eigenvalue weighted by Crippen LogP contribution is 2.37. The lowest BCUT2D eigenvalue weighted by molar-refractivity contribution is 0.0779. The summed E-state index contributed by atoms with van der Waals surface area (Å²) in [5.41, 5.74) is 6.56. The zero-order chi connectivity index (χ0) is 18.4. The monoisotopic (exact) mass is 401 g/mol. The number of hydrogen-bond acceptors (Lipinski definition) is 4. The van der Waals surface area contributed by atoms with E-state index in [9.17, 15) is 13.2 Å². The molecule has 3 rings (SSSR count). The standard InChI is InChI=1S/C18H27N3O3S.ClH/c1-12(2)20(3)25(23,24)15-6-4-5-13(9-15)18(22)21-10-14-7-8-17(19)16(14)11-21;/h4-6,9,12,14,16-17H,7-8,10-11,19H2,1-3H3;1H. The third kappa shape index (κ3) is 3.76. The molecule has 1 amide bonds. The number of carbonyl (C=O) groups is 1.